The van der Waals surface area contributed by atoms with Gasteiger partial charge in [0, 0.05) is 23.0 Å². The van der Waals surface area contributed by atoms with Gasteiger partial charge in [0.15, 0.2) is 5.82 Å². The minimum Gasteiger partial charge on any atom is -0.497 e. The van der Waals surface area contributed by atoms with E-state index in [2.05, 4.69) is 20.7 Å². The molecule has 0 bridgehead atoms. The summed E-state index contributed by atoms with van der Waals surface area (Å²) in [7, 11) is 1.54. The first-order valence-electron chi connectivity index (χ1n) is 11.7. The van der Waals surface area contributed by atoms with Crippen molar-refractivity contribution in [2.45, 2.75) is 20.0 Å². The molecule has 0 radical (unpaired) electrons. The number of nitrogens with one attached hydrogen (secondary N) is 2. The van der Waals surface area contributed by atoms with Crippen LogP contribution in [0.4, 0.5) is 29.3 Å². The minimum atomic E-state index is -4.44. The smallest absolute Gasteiger partial charge is 0.416 e. The van der Waals surface area contributed by atoms with Crippen LogP contribution in [0, 0.1) is 5.92 Å². The Kier molecular flexibility index (Phi) is 7.85. The van der Waals surface area contributed by atoms with E-state index >= 15 is 0 Å². The molecule has 0 spiro atoms. The Hall–Kier alpha value is -4.54. The zero-order valence-electron chi connectivity index (χ0n) is 20.9. The maximum atomic E-state index is 13.0. The molecule has 0 saturated heterocycles. The van der Waals surface area contributed by atoms with Crippen LogP contribution in [0.2, 0.25) is 0 Å². The lowest BCUT2D eigenvalue weighted by atomic mass is 10.1. The molecule has 0 atom stereocenters. The fraction of sp³-hybridized carbons (Fsp3) is 0.222. The van der Waals surface area contributed by atoms with Gasteiger partial charge in [-0.2, -0.15) is 18.2 Å². The van der Waals surface area contributed by atoms with Crippen molar-refractivity contribution >= 4 is 17.4 Å². The molecule has 0 saturated carbocycles. The number of carbonyl (C=O) groups excluding carboxylic acids is 1. The van der Waals surface area contributed by atoms with Crippen molar-refractivity contribution in [1.29, 1.82) is 0 Å². The molecule has 0 aliphatic heterocycles. The van der Waals surface area contributed by atoms with Crippen molar-refractivity contribution < 1.29 is 27.4 Å². The van der Waals surface area contributed by atoms with Gasteiger partial charge in [0.2, 0.25) is 0 Å². The van der Waals surface area contributed by atoms with Crippen molar-refractivity contribution in [2.75, 3.05) is 24.4 Å². The van der Waals surface area contributed by atoms with Crippen LogP contribution in [0.5, 0.6) is 11.8 Å². The molecule has 0 aliphatic rings. The normalized spacial score (nSPS) is 11.3. The van der Waals surface area contributed by atoms with Crippen LogP contribution in [0.25, 0.3) is 17.1 Å². The van der Waals surface area contributed by atoms with Crippen LogP contribution >= 0.6 is 0 Å². The van der Waals surface area contributed by atoms with Crippen molar-refractivity contribution in [3.63, 3.8) is 0 Å². The molecule has 1 aromatic heterocycles. The zero-order chi connectivity index (χ0) is 27.3. The van der Waals surface area contributed by atoms with E-state index in [0.717, 1.165) is 12.1 Å². The number of alkyl halides is 3. The van der Waals surface area contributed by atoms with E-state index in [0.29, 0.717) is 40.8 Å². The molecule has 0 aliphatic carbocycles. The number of benzene rings is 3. The summed E-state index contributed by atoms with van der Waals surface area (Å²) in [6.07, 6.45) is -4.44. The average Bonchev–Trinajstić information content (AvgIpc) is 3.32. The fourth-order valence-electron chi connectivity index (χ4n) is 3.45. The number of ether oxygens (including phenoxy) is 2. The van der Waals surface area contributed by atoms with Crippen LogP contribution in [-0.2, 0) is 6.18 Å². The van der Waals surface area contributed by atoms with Gasteiger partial charge in [-0.25, -0.2) is 9.48 Å². The monoisotopic (exact) mass is 525 g/mol. The van der Waals surface area contributed by atoms with Gasteiger partial charge in [-0.3, -0.25) is 0 Å². The molecule has 4 rings (SSSR count). The highest BCUT2D eigenvalue weighted by molar-refractivity contribution is 5.99. The van der Waals surface area contributed by atoms with Gasteiger partial charge in [0.1, 0.15) is 5.75 Å². The first-order chi connectivity index (χ1) is 18.1. The number of anilines is 2. The predicted octanol–water partition coefficient (Wildman–Crippen LogP) is 6.64. The van der Waals surface area contributed by atoms with E-state index in [1.54, 1.807) is 48.5 Å². The summed E-state index contributed by atoms with van der Waals surface area (Å²) in [6, 6.07) is 18.0. The summed E-state index contributed by atoms with van der Waals surface area (Å²) >= 11 is 0. The molecule has 8 nitrogen and oxygen atoms in total. The molecule has 198 valence electrons. The number of amides is 2. The first kappa shape index (κ1) is 26.5. The Labute approximate surface area is 217 Å². The molecule has 1 heterocycles. The van der Waals surface area contributed by atoms with E-state index in [9.17, 15) is 18.0 Å². The Morgan fingerprint density at radius 1 is 0.974 bits per heavy atom. The van der Waals surface area contributed by atoms with E-state index in [-0.39, 0.29) is 11.9 Å². The number of halogens is 3. The van der Waals surface area contributed by atoms with Crippen molar-refractivity contribution in [3.8, 4) is 28.8 Å². The van der Waals surface area contributed by atoms with Crippen LogP contribution < -0.4 is 20.1 Å². The second-order valence-electron chi connectivity index (χ2n) is 8.77. The number of methoxy groups -OCH3 is 1. The third kappa shape index (κ3) is 6.61. The number of urea groups is 1. The number of hydrogen-bond donors (Lipinski definition) is 2. The summed E-state index contributed by atoms with van der Waals surface area (Å²) in [5, 5.41) is 9.89. The van der Waals surface area contributed by atoms with Crippen LogP contribution in [0.15, 0.2) is 72.8 Å². The van der Waals surface area contributed by atoms with Gasteiger partial charge in [-0.1, -0.05) is 32.0 Å². The van der Waals surface area contributed by atoms with Crippen molar-refractivity contribution in [2.24, 2.45) is 5.92 Å². The number of nitrogens with zero attached hydrogens (tertiary/aromatic N) is 3. The van der Waals surface area contributed by atoms with Crippen molar-refractivity contribution in [3.05, 3.63) is 78.4 Å². The number of aromatic nitrogens is 3. The largest absolute Gasteiger partial charge is 0.497 e. The van der Waals surface area contributed by atoms with Gasteiger partial charge >= 0.3 is 18.2 Å². The van der Waals surface area contributed by atoms with Gasteiger partial charge in [-0.15, -0.1) is 5.10 Å². The molecule has 0 unspecified atom stereocenters. The molecule has 38 heavy (non-hydrogen) atoms. The number of carbonyl (C=O) groups is 1. The Balaban J connectivity index is 1.56. The van der Waals surface area contributed by atoms with Gasteiger partial charge in [-0.05, 0) is 54.4 Å². The van der Waals surface area contributed by atoms with Crippen molar-refractivity contribution in [1.82, 2.24) is 14.8 Å². The van der Waals surface area contributed by atoms with E-state index in [4.69, 9.17) is 9.47 Å². The first-order valence-corrected chi connectivity index (χ1v) is 11.7. The topological polar surface area (TPSA) is 90.3 Å². The van der Waals surface area contributed by atoms with Gasteiger partial charge < -0.3 is 20.1 Å². The molecule has 4 aromatic rings. The number of rotatable bonds is 8. The van der Waals surface area contributed by atoms with Crippen LogP contribution in [0.1, 0.15) is 19.4 Å². The molecule has 3 aromatic carbocycles. The molecule has 2 amide bonds. The Morgan fingerprint density at radius 3 is 2.29 bits per heavy atom. The molecular formula is C27H26F3N5O3. The molecule has 11 heteroatoms. The summed E-state index contributed by atoms with van der Waals surface area (Å²) in [5.41, 5.74) is 1.33. The van der Waals surface area contributed by atoms with Crippen LogP contribution in [-0.4, -0.2) is 34.5 Å². The highest BCUT2D eigenvalue weighted by atomic mass is 19.4. The average molecular weight is 526 g/mol. The maximum absolute atomic E-state index is 13.0. The lowest BCUT2D eigenvalue weighted by Crippen LogP contribution is -2.19. The van der Waals surface area contributed by atoms with Crippen LogP contribution in [0.3, 0.4) is 0 Å². The predicted molar refractivity (Wildman–Crippen MR) is 138 cm³/mol. The SMILES string of the molecule is COc1cccc(NC(=O)Nc2ccc(-n3nc(OCC(C)C)nc3-c3ccc(C(F)(F)F)cc3)cc2)c1. The van der Waals surface area contributed by atoms with E-state index in [1.165, 1.54) is 23.9 Å². The highest BCUT2D eigenvalue weighted by Gasteiger charge is 2.30. The molecular weight excluding hydrogens is 499 g/mol. The standard InChI is InChI=1S/C27H26F3N5O3/c1-17(2)16-38-26-33-24(18-7-9-19(10-8-18)27(28,29)30)35(34-26)22-13-11-20(12-14-22)31-25(36)32-21-5-4-6-23(15-21)37-3/h4-15,17H,16H2,1-3H3,(H2,31,32,36). The lowest BCUT2D eigenvalue weighted by Gasteiger charge is -2.11. The van der Waals surface area contributed by atoms with E-state index < -0.39 is 17.8 Å². The minimum absolute atomic E-state index is 0.105. The summed E-state index contributed by atoms with van der Waals surface area (Å²) in [6.45, 7) is 4.33. The second kappa shape index (κ2) is 11.2. The third-order valence-corrected chi connectivity index (χ3v) is 5.30. The molecule has 0 fully saturated rings. The second-order valence-corrected chi connectivity index (χ2v) is 8.77. The number of hydrogen-bond acceptors (Lipinski definition) is 5. The summed E-state index contributed by atoms with van der Waals surface area (Å²) in [4.78, 5) is 16.8. The quantitative estimate of drug-likeness (QED) is 0.269. The molecule has 2 N–H and O–H groups in total. The lowest BCUT2D eigenvalue weighted by molar-refractivity contribution is -0.137. The summed E-state index contributed by atoms with van der Waals surface area (Å²) < 4.78 is 51.4. The Bertz CT molecular complexity index is 1380. The summed E-state index contributed by atoms with van der Waals surface area (Å²) in [5.74, 6) is 1.15. The Morgan fingerprint density at radius 2 is 1.66 bits per heavy atom. The van der Waals surface area contributed by atoms with E-state index in [1.807, 2.05) is 13.8 Å². The maximum Gasteiger partial charge on any atom is 0.416 e. The van der Waals surface area contributed by atoms with Gasteiger partial charge in [0.05, 0.1) is 25.0 Å². The zero-order valence-corrected chi connectivity index (χ0v) is 20.9. The third-order valence-electron chi connectivity index (χ3n) is 5.30. The van der Waals surface area contributed by atoms with Gasteiger partial charge in [0.25, 0.3) is 0 Å². The fourth-order valence-corrected chi connectivity index (χ4v) is 3.45. The highest BCUT2D eigenvalue weighted by Crippen LogP contribution is 2.32.